The number of halogens is 1. The van der Waals surface area contributed by atoms with Crippen molar-refractivity contribution in [1.82, 2.24) is 9.71 Å². The van der Waals surface area contributed by atoms with Gasteiger partial charge in [0.25, 0.3) is 0 Å². The van der Waals surface area contributed by atoms with E-state index in [1.165, 1.54) is 12.1 Å². The summed E-state index contributed by atoms with van der Waals surface area (Å²) in [5, 5.41) is 0.904. The second-order valence-corrected chi connectivity index (χ2v) is 8.62. The molecule has 26 heavy (non-hydrogen) atoms. The Hall–Kier alpha value is -2.18. The SMILES string of the molecule is Cc1cc(C)c(S(=O)(=O)NCC(C)c2c[nH]c3cc(F)ccc23)c(C)c1. The molecule has 0 spiro atoms. The molecule has 0 saturated carbocycles. The molecular weight excluding hydrogens is 351 g/mol. The van der Waals surface area contributed by atoms with Gasteiger partial charge in [0.2, 0.25) is 10.0 Å². The summed E-state index contributed by atoms with van der Waals surface area (Å²) in [4.78, 5) is 3.39. The fraction of sp³-hybridized carbons (Fsp3) is 0.300. The van der Waals surface area contributed by atoms with E-state index >= 15 is 0 Å². The Kier molecular flexibility index (Phi) is 4.90. The van der Waals surface area contributed by atoms with E-state index in [9.17, 15) is 12.8 Å². The highest BCUT2D eigenvalue weighted by Crippen LogP contribution is 2.27. The van der Waals surface area contributed by atoms with Gasteiger partial charge in [0.05, 0.1) is 4.90 Å². The molecule has 0 saturated heterocycles. The zero-order valence-corrected chi connectivity index (χ0v) is 16.2. The highest BCUT2D eigenvalue weighted by Gasteiger charge is 2.21. The van der Waals surface area contributed by atoms with Gasteiger partial charge in [0.15, 0.2) is 0 Å². The maximum Gasteiger partial charge on any atom is 0.241 e. The van der Waals surface area contributed by atoms with Gasteiger partial charge in [-0.2, -0.15) is 0 Å². The van der Waals surface area contributed by atoms with E-state index < -0.39 is 10.0 Å². The van der Waals surface area contributed by atoms with Crippen molar-refractivity contribution in [1.29, 1.82) is 0 Å². The largest absolute Gasteiger partial charge is 0.361 e. The van der Waals surface area contributed by atoms with E-state index in [4.69, 9.17) is 0 Å². The molecule has 2 aromatic carbocycles. The zero-order valence-electron chi connectivity index (χ0n) is 15.4. The lowest BCUT2D eigenvalue weighted by Gasteiger charge is -2.16. The number of nitrogens with one attached hydrogen (secondary N) is 2. The Labute approximate surface area is 153 Å². The van der Waals surface area contributed by atoms with Gasteiger partial charge >= 0.3 is 0 Å². The Bertz CT molecular complexity index is 1050. The van der Waals surface area contributed by atoms with E-state index in [2.05, 4.69) is 9.71 Å². The number of aryl methyl sites for hydroxylation is 3. The third-order valence-corrected chi connectivity index (χ3v) is 6.39. The highest BCUT2D eigenvalue weighted by molar-refractivity contribution is 7.89. The Balaban J connectivity index is 1.83. The van der Waals surface area contributed by atoms with Crippen molar-refractivity contribution < 1.29 is 12.8 Å². The second kappa shape index (κ2) is 6.85. The van der Waals surface area contributed by atoms with Gasteiger partial charge in [-0.25, -0.2) is 17.5 Å². The van der Waals surface area contributed by atoms with Crippen LogP contribution in [0.2, 0.25) is 0 Å². The molecule has 1 aromatic heterocycles. The topological polar surface area (TPSA) is 62.0 Å². The van der Waals surface area contributed by atoms with Crippen molar-refractivity contribution in [3.63, 3.8) is 0 Å². The molecule has 2 N–H and O–H groups in total. The number of hydrogen-bond acceptors (Lipinski definition) is 2. The van der Waals surface area contributed by atoms with Crippen LogP contribution in [-0.4, -0.2) is 19.9 Å². The molecule has 0 radical (unpaired) electrons. The van der Waals surface area contributed by atoms with Crippen LogP contribution in [0.25, 0.3) is 10.9 Å². The summed E-state index contributed by atoms with van der Waals surface area (Å²) in [6, 6.07) is 8.32. The number of H-pyrrole nitrogens is 1. The van der Waals surface area contributed by atoms with Crippen LogP contribution in [0.4, 0.5) is 4.39 Å². The first-order valence-electron chi connectivity index (χ1n) is 8.53. The molecule has 0 fully saturated rings. The molecule has 0 aliphatic heterocycles. The summed E-state index contributed by atoms with van der Waals surface area (Å²) >= 11 is 0. The average Bonchev–Trinajstić information content (AvgIpc) is 2.94. The summed E-state index contributed by atoms with van der Waals surface area (Å²) in [7, 11) is -3.60. The first kappa shape index (κ1) is 18.6. The lowest BCUT2D eigenvalue weighted by Crippen LogP contribution is -2.29. The second-order valence-electron chi connectivity index (χ2n) is 6.91. The summed E-state index contributed by atoms with van der Waals surface area (Å²) in [5.41, 5.74) is 4.19. The third kappa shape index (κ3) is 3.52. The lowest BCUT2D eigenvalue weighted by atomic mass is 10.0. The number of hydrogen-bond donors (Lipinski definition) is 2. The van der Waals surface area contributed by atoms with Gasteiger partial charge in [-0.3, -0.25) is 0 Å². The molecule has 0 bridgehead atoms. The van der Waals surface area contributed by atoms with Gasteiger partial charge in [0.1, 0.15) is 5.82 Å². The van der Waals surface area contributed by atoms with Gasteiger partial charge in [0, 0.05) is 23.6 Å². The molecule has 0 aliphatic rings. The zero-order chi connectivity index (χ0) is 19.1. The minimum absolute atomic E-state index is 0.0601. The van der Waals surface area contributed by atoms with Crippen molar-refractivity contribution in [2.45, 2.75) is 38.5 Å². The molecule has 0 amide bonds. The molecule has 1 unspecified atom stereocenters. The normalized spacial score (nSPS) is 13.3. The molecule has 4 nitrogen and oxygen atoms in total. The van der Waals surface area contributed by atoms with Crippen LogP contribution < -0.4 is 4.72 Å². The smallest absolute Gasteiger partial charge is 0.241 e. The Morgan fingerprint density at radius 1 is 1.12 bits per heavy atom. The minimum atomic E-state index is -3.60. The quantitative estimate of drug-likeness (QED) is 0.699. The minimum Gasteiger partial charge on any atom is -0.361 e. The molecule has 1 atom stereocenters. The number of rotatable bonds is 5. The van der Waals surface area contributed by atoms with Crippen molar-refractivity contribution in [2.75, 3.05) is 6.54 Å². The number of fused-ring (bicyclic) bond motifs is 1. The third-order valence-electron chi connectivity index (χ3n) is 4.66. The van der Waals surface area contributed by atoms with Crippen LogP contribution in [-0.2, 0) is 10.0 Å². The fourth-order valence-corrected chi connectivity index (χ4v) is 5.12. The van der Waals surface area contributed by atoms with E-state index in [1.54, 1.807) is 6.07 Å². The standard InChI is InChI=1S/C20H23FN2O2S/c1-12-7-13(2)20(14(3)8-12)26(24,25)23-10-15(4)18-11-22-19-9-16(21)5-6-17(18)19/h5-9,11,15,22-23H,10H2,1-4H3. The molecule has 1 heterocycles. The molecule has 3 aromatic rings. The first-order valence-corrected chi connectivity index (χ1v) is 10.0. The van der Waals surface area contributed by atoms with Crippen LogP contribution in [0.5, 0.6) is 0 Å². The van der Waals surface area contributed by atoms with Crippen LogP contribution in [0.1, 0.15) is 35.1 Å². The Morgan fingerprint density at radius 2 is 1.77 bits per heavy atom. The first-order chi connectivity index (χ1) is 12.2. The van der Waals surface area contributed by atoms with Crippen LogP contribution >= 0.6 is 0 Å². The molecule has 0 aliphatic carbocycles. The van der Waals surface area contributed by atoms with Crippen LogP contribution in [0, 0.1) is 26.6 Å². The van der Waals surface area contributed by atoms with E-state index in [0.29, 0.717) is 10.4 Å². The average molecular weight is 374 g/mol. The van der Waals surface area contributed by atoms with Crippen molar-refractivity contribution in [3.05, 3.63) is 64.6 Å². The van der Waals surface area contributed by atoms with Gasteiger partial charge in [-0.1, -0.05) is 24.6 Å². The number of sulfonamides is 1. The van der Waals surface area contributed by atoms with E-state index in [0.717, 1.165) is 27.6 Å². The van der Waals surface area contributed by atoms with Crippen LogP contribution in [0.3, 0.4) is 0 Å². The maximum absolute atomic E-state index is 13.3. The highest BCUT2D eigenvalue weighted by atomic mass is 32.2. The number of aromatic amines is 1. The summed E-state index contributed by atoms with van der Waals surface area (Å²) in [5.74, 6) is -0.361. The van der Waals surface area contributed by atoms with Gasteiger partial charge in [-0.05, 0) is 61.6 Å². The molecule has 6 heteroatoms. The fourth-order valence-electron chi connectivity index (χ4n) is 3.54. The predicted molar refractivity (Wildman–Crippen MR) is 103 cm³/mol. The lowest BCUT2D eigenvalue weighted by molar-refractivity contribution is 0.574. The number of benzene rings is 2. The summed E-state index contributed by atoms with van der Waals surface area (Å²) in [6.45, 7) is 7.78. The van der Waals surface area contributed by atoms with Crippen molar-refractivity contribution in [3.8, 4) is 0 Å². The van der Waals surface area contributed by atoms with Gasteiger partial charge < -0.3 is 4.98 Å². The molecular formula is C20H23FN2O2S. The van der Waals surface area contributed by atoms with Crippen molar-refractivity contribution in [2.24, 2.45) is 0 Å². The van der Waals surface area contributed by atoms with Crippen molar-refractivity contribution >= 4 is 20.9 Å². The summed E-state index contributed by atoms with van der Waals surface area (Å²) < 4.78 is 41.7. The van der Waals surface area contributed by atoms with E-state index in [1.807, 2.05) is 46.0 Å². The predicted octanol–water partition coefficient (Wildman–Crippen LogP) is 4.31. The van der Waals surface area contributed by atoms with E-state index in [-0.39, 0.29) is 18.3 Å². The molecule has 138 valence electrons. The summed E-state index contributed by atoms with van der Waals surface area (Å²) in [6.07, 6.45) is 1.81. The van der Waals surface area contributed by atoms with Crippen LogP contribution in [0.15, 0.2) is 41.4 Å². The van der Waals surface area contributed by atoms with Gasteiger partial charge in [-0.15, -0.1) is 0 Å². The number of aromatic nitrogens is 1. The molecule has 3 rings (SSSR count). The maximum atomic E-state index is 13.3. The Morgan fingerprint density at radius 3 is 2.42 bits per heavy atom. The monoisotopic (exact) mass is 374 g/mol.